The Morgan fingerprint density at radius 3 is 2.83 bits per heavy atom. The highest BCUT2D eigenvalue weighted by molar-refractivity contribution is 5.84. The quantitative estimate of drug-likeness (QED) is 0.868. The Kier molecular flexibility index (Phi) is 3.32. The Hall–Kier alpha value is -2.30. The molecule has 0 radical (unpaired) electrons. The molecule has 2 aromatic rings. The summed E-state index contributed by atoms with van der Waals surface area (Å²) in [6.07, 6.45) is 2.40. The van der Waals surface area contributed by atoms with E-state index in [0.29, 0.717) is 11.4 Å². The number of nitrogens with one attached hydrogen (secondary N) is 1. The number of hydrogen-bond acceptors (Lipinski definition) is 3. The van der Waals surface area contributed by atoms with Crippen LogP contribution in [0.5, 0.6) is 5.75 Å². The number of aromatic amines is 1. The van der Waals surface area contributed by atoms with Crippen LogP contribution in [0.1, 0.15) is 23.1 Å². The van der Waals surface area contributed by atoms with Crippen LogP contribution in [0.2, 0.25) is 0 Å². The van der Waals surface area contributed by atoms with Crippen LogP contribution >= 0.6 is 0 Å². The van der Waals surface area contributed by atoms with Crippen LogP contribution in [0, 0.1) is 0 Å². The summed E-state index contributed by atoms with van der Waals surface area (Å²) in [5, 5.41) is 8.85. The fraction of sp³-hybridized carbons (Fsp3) is 0.231. The Bertz CT molecular complexity index is 575. The summed E-state index contributed by atoms with van der Waals surface area (Å²) in [4.78, 5) is 17.4. The smallest absolute Gasteiger partial charge is 0.371 e. The van der Waals surface area contributed by atoms with E-state index in [1.54, 1.807) is 7.11 Å². The maximum absolute atomic E-state index is 10.8. The molecular formula is C13H14N2O3. The van der Waals surface area contributed by atoms with Gasteiger partial charge in [-0.15, -0.1) is 0 Å². The minimum Gasteiger partial charge on any atom is -0.496 e. The number of aromatic nitrogens is 2. The third kappa shape index (κ3) is 2.20. The number of rotatable bonds is 4. The van der Waals surface area contributed by atoms with Crippen LogP contribution in [0.15, 0.2) is 24.4 Å². The molecule has 18 heavy (non-hydrogen) atoms. The van der Waals surface area contributed by atoms with Crippen molar-refractivity contribution in [3.63, 3.8) is 0 Å². The number of nitrogens with zero attached hydrogens (tertiary/aromatic N) is 1. The van der Waals surface area contributed by atoms with Crippen molar-refractivity contribution in [3.8, 4) is 17.0 Å². The monoisotopic (exact) mass is 246 g/mol. The third-order valence-electron chi connectivity index (χ3n) is 2.74. The van der Waals surface area contributed by atoms with E-state index in [9.17, 15) is 4.79 Å². The van der Waals surface area contributed by atoms with Crippen molar-refractivity contribution < 1.29 is 14.6 Å². The fourth-order valence-electron chi connectivity index (χ4n) is 1.75. The van der Waals surface area contributed by atoms with Gasteiger partial charge >= 0.3 is 5.97 Å². The summed E-state index contributed by atoms with van der Waals surface area (Å²) in [6.45, 7) is 2.06. The second-order valence-electron chi connectivity index (χ2n) is 3.84. The van der Waals surface area contributed by atoms with Crippen molar-refractivity contribution in [2.45, 2.75) is 13.3 Å². The molecule has 1 heterocycles. The molecule has 0 unspecified atom stereocenters. The Balaban J connectivity index is 2.50. The van der Waals surface area contributed by atoms with Crippen molar-refractivity contribution in [3.05, 3.63) is 35.8 Å². The van der Waals surface area contributed by atoms with E-state index in [1.807, 2.05) is 18.2 Å². The number of aromatic carboxylic acids is 1. The molecule has 2 N–H and O–H groups in total. The molecule has 2 rings (SSSR count). The lowest BCUT2D eigenvalue weighted by molar-refractivity contribution is 0.0685. The van der Waals surface area contributed by atoms with Crippen molar-refractivity contribution >= 4 is 5.97 Å². The highest BCUT2D eigenvalue weighted by Gasteiger charge is 2.12. The molecule has 0 aliphatic rings. The van der Waals surface area contributed by atoms with Gasteiger partial charge in [0.15, 0.2) is 0 Å². The molecule has 94 valence electrons. The number of aryl methyl sites for hydroxylation is 1. The number of carboxylic acids is 1. The zero-order chi connectivity index (χ0) is 13.1. The SMILES string of the molecule is CCc1ccc(OC)c(-c2cnc(C(=O)O)[nH]2)c1. The van der Waals surface area contributed by atoms with Gasteiger partial charge in [0, 0.05) is 5.56 Å². The van der Waals surface area contributed by atoms with Gasteiger partial charge in [0.25, 0.3) is 0 Å². The zero-order valence-corrected chi connectivity index (χ0v) is 10.2. The first-order valence-corrected chi connectivity index (χ1v) is 5.61. The van der Waals surface area contributed by atoms with Gasteiger partial charge in [0.05, 0.1) is 19.0 Å². The minimum atomic E-state index is -1.08. The zero-order valence-electron chi connectivity index (χ0n) is 10.2. The average molecular weight is 246 g/mol. The maximum Gasteiger partial charge on any atom is 0.371 e. The van der Waals surface area contributed by atoms with E-state index >= 15 is 0 Å². The van der Waals surface area contributed by atoms with Crippen LogP contribution in [0.4, 0.5) is 0 Å². The number of ether oxygens (including phenoxy) is 1. The van der Waals surface area contributed by atoms with E-state index in [1.165, 1.54) is 6.20 Å². The number of benzene rings is 1. The normalized spacial score (nSPS) is 10.3. The molecule has 0 aliphatic heterocycles. The Labute approximate surface area is 104 Å². The highest BCUT2D eigenvalue weighted by Crippen LogP contribution is 2.29. The predicted molar refractivity (Wildman–Crippen MR) is 66.9 cm³/mol. The summed E-state index contributed by atoms with van der Waals surface area (Å²) in [5.41, 5.74) is 2.61. The van der Waals surface area contributed by atoms with Crippen molar-refractivity contribution in [1.82, 2.24) is 9.97 Å². The van der Waals surface area contributed by atoms with Gasteiger partial charge in [-0.05, 0) is 24.1 Å². The van der Waals surface area contributed by atoms with Crippen molar-refractivity contribution in [2.24, 2.45) is 0 Å². The van der Waals surface area contributed by atoms with Crippen LogP contribution in [0.25, 0.3) is 11.3 Å². The number of carbonyl (C=O) groups is 1. The van der Waals surface area contributed by atoms with E-state index < -0.39 is 5.97 Å². The van der Waals surface area contributed by atoms with E-state index in [4.69, 9.17) is 9.84 Å². The maximum atomic E-state index is 10.8. The molecular weight excluding hydrogens is 232 g/mol. The number of imidazole rings is 1. The largest absolute Gasteiger partial charge is 0.496 e. The lowest BCUT2D eigenvalue weighted by Crippen LogP contribution is -1.98. The number of hydrogen-bond donors (Lipinski definition) is 2. The molecule has 0 amide bonds. The summed E-state index contributed by atoms with van der Waals surface area (Å²) < 4.78 is 5.27. The summed E-state index contributed by atoms with van der Waals surface area (Å²) in [5.74, 6) is -0.464. The highest BCUT2D eigenvalue weighted by atomic mass is 16.5. The van der Waals surface area contributed by atoms with Gasteiger partial charge in [0.2, 0.25) is 5.82 Å². The first-order chi connectivity index (χ1) is 8.65. The topological polar surface area (TPSA) is 75.2 Å². The standard InChI is InChI=1S/C13H14N2O3/c1-3-8-4-5-11(18-2)9(6-8)10-7-14-12(15-10)13(16)17/h4-7H,3H2,1-2H3,(H,14,15)(H,16,17). The summed E-state index contributed by atoms with van der Waals surface area (Å²) in [6, 6.07) is 5.82. The van der Waals surface area contributed by atoms with E-state index in [2.05, 4.69) is 16.9 Å². The van der Waals surface area contributed by atoms with E-state index in [0.717, 1.165) is 17.5 Å². The van der Waals surface area contributed by atoms with Gasteiger partial charge in [-0.1, -0.05) is 13.0 Å². The first kappa shape index (κ1) is 12.2. The van der Waals surface area contributed by atoms with Crippen molar-refractivity contribution in [2.75, 3.05) is 7.11 Å². The first-order valence-electron chi connectivity index (χ1n) is 5.61. The second-order valence-corrected chi connectivity index (χ2v) is 3.84. The van der Waals surface area contributed by atoms with Crippen molar-refractivity contribution in [1.29, 1.82) is 0 Å². The molecule has 0 bridgehead atoms. The Morgan fingerprint density at radius 1 is 1.50 bits per heavy atom. The van der Waals surface area contributed by atoms with E-state index in [-0.39, 0.29) is 5.82 Å². The van der Waals surface area contributed by atoms with Crippen LogP contribution in [-0.4, -0.2) is 28.2 Å². The van der Waals surface area contributed by atoms with Crippen LogP contribution < -0.4 is 4.74 Å². The van der Waals surface area contributed by atoms with Gasteiger partial charge in [-0.3, -0.25) is 0 Å². The molecule has 0 spiro atoms. The molecule has 0 saturated heterocycles. The summed E-state index contributed by atoms with van der Waals surface area (Å²) >= 11 is 0. The number of H-pyrrole nitrogens is 1. The lowest BCUT2D eigenvalue weighted by Gasteiger charge is -2.08. The number of carboxylic acid groups (broad SMARTS) is 1. The second kappa shape index (κ2) is 4.91. The van der Waals surface area contributed by atoms with Crippen LogP contribution in [0.3, 0.4) is 0 Å². The van der Waals surface area contributed by atoms with Gasteiger partial charge in [-0.25, -0.2) is 9.78 Å². The molecule has 5 nitrogen and oxygen atoms in total. The molecule has 5 heteroatoms. The minimum absolute atomic E-state index is 0.0750. The molecule has 1 aromatic heterocycles. The third-order valence-corrected chi connectivity index (χ3v) is 2.74. The van der Waals surface area contributed by atoms with Gasteiger partial charge in [0.1, 0.15) is 5.75 Å². The number of methoxy groups -OCH3 is 1. The average Bonchev–Trinajstić information content (AvgIpc) is 2.87. The fourth-order valence-corrected chi connectivity index (χ4v) is 1.75. The van der Waals surface area contributed by atoms with Gasteiger partial charge < -0.3 is 14.8 Å². The molecule has 0 saturated carbocycles. The Morgan fingerprint density at radius 2 is 2.28 bits per heavy atom. The molecule has 0 aliphatic carbocycles. The molecule has 0 atom stereocenters. The molecule has 0 fully saturated rings. The summed E-state index contributed by atoms with van der Waals surface area (Å²) in [7, 11) is 1.58. The van der Waals surface area contributed by atoms with Crippen LogP contribution in [-0.2, 0) is 6.42 Å². The predicted octanol–water partition coefficient (Wildman–Crippen LogP) is 2.35. The lowest BCUT2D eigenvalue weighted by atomic mass is 10.1. The molecule has 1 aromatic carbocycles. The van der Waals surface area contributed by atoms with Gasteiger partial charge in [-0.2, -0.15) is 0 Å².